The molecule has 2 saturated carbocycles. The highest BCUT2D eigenvalue weighted by Gasteiger charge is 2.54. The zero-order chi connectivity index (χ0) is 26.3. The van der Waals surface area contributed by atoms with Gasteiger partial charge in [-0.15, -0.1) is 6.58 Å². The second-order valence-corrected chi connectivity index (χ2v) is 10.5. The Bertz CT molecular complexity index is 1090. The highest BCUT2D eigenvalue weighted by atomic mass is 19.1. The summed E-state index contributed by atoms with van der Waals surface area (Å²) < 4.78 is 20.5. The molecule has 2 aliphatic rings. The van der Waals surface area contributed by atoms with Gasteiger partial charge in [0.2, 0.25) is 5.91 Å². The smallest absolute Gasteiger partial charge is 0.317 e. The molecular weight excluding hydrogens is 471 g/mol. The summed E-state index contributed by atoms with van der Waals surface area (Å²) in [6.45, 7) is 6.70. The van der Waals surface area contributed by atoms with E-state index < -0.39 is 11.0 Å². The molecule has 0 spiro atoms. The summed E-state index contributed by atoms with van der Waals surface area (Å²) in [7, 11) is 0. The molecule has 0 bridgehead atoms. The quantitative estimate of drug-likeness (QED) is 0.204. The molecule has 0 saturated heterocycles. The monoisotopic (exact) mass is 508 g/mol. The minimum atomic E-state index is -0.817. The summed E-state index contributed by atoms with van der Waals surface area (Å²) in [4.78, 5) is 34.0. The molecule has 3 atom stereocenters. The summed E-state index contributed by atoms with van der Waals surface area (Å²) in [5.74, 6) is -0.0552. The lowest BCUT2D eigenvalue weighted by molar-refractivity contribution is -0.194. The molecule has 37 heavy (non-hydrogen) atoms. The number of amides is 1. The second-order valence-electron chi connectivity index (χ2n) is 10.5. The zero-order valence-electron chi connectivity index (χ0n) is 21.5. The number of hydrogen-bond acceptors (Lipinski definition) is 6. The van der Waals surface area contributed by atoms with Crippen molar-refractivity contribution in [3.8, 4) is 0 Å². The predicted molar refractivity (Wildman–Crippen MR) is 140 cm³/mol. The van der Waals surface area contributed by atoms with Crippen LogP contribution >= 0.6 is 0 Å². The molecule has 2 N–H and O–H groups in total. The Hall–Kier alpha value is -3.13. The number of benzene rings is 1. The van der Waals surface area contributed by atoms with Crippen molar-refractivity contribution in [2.24, 2.45) is 11.8 Å². The van der Waals surface area contributed by atoms with Crippen LogP contribution in [0.4, 0.5) is 10.2 Å². The van der Waals surface area contributed by atoms with Crippen molar-refractivity contribution >= 4 is 17.7 Å². The van der Waals surface area contributed by atoms with Crippen molar-refractivity contribution in [3.63, 3.8) is 0 Å². The van der Waals surface area contributed by atoms with Crippen LogP contribution in [0.5, 0.6) is 0 Å². The molecule has 198 valence electrons. The van der Waals surface area contributed by atoms with Crippen molar-refractivity contribution < 1.29 is 18.7 Å². The van der Waals surface area contributed by atoms with Gasteiger partial charge >= 0.3 is 5.97 Å². The van der Waals surface area contributed by atoms with E-state index in [1.54, 1.807) is 12.3 Å². The van der Waals surface area contributed by atoms with Crippen molar-refractivity contribution in [3.05, 3.63) is 66.9 Å². The molecule has 2 fully saturated rings. The number of esters is 1. The Morgan fingerprint density at radius 2 is 2.00 bits per heavy atom. The van der Waals surface area contributed by atoms with E-state index in [0.29, 0.717) is 31.6 Å². The zero-order valence-corrected chi connectivity index (χ0v) is 21.5. The number of hydrogen-bond donors (Lipinski definition) is 2. The van der Waals surface area contributed by atoms with Crippen LogP contribution in [0.25, 0.3) is 0 Å². The third kappa shape index (κ3) is 6.24. The fourth-order valence-electron chi connectivity index (χ4n) is 5.99. The molecule has 4 rings (SSSR count). The van der Waals surface area contributed by atoms with Crippen LogP contribution in [0.15, 0.2) is 55.5 Å². The molecule has 0 aliphatic heterocycles. The molecule has 0 radical (unpaired) electrons. The lowest BCUT2D eigenvalue weighted by Crippen LogP contribution is -2.57. The molecule has 2 unspecified atom stereocenters. The topological polar surface area (TPSA) is 93.2 Å². The van der Waals surface area contributed by atoms with Crippen molar-refractivity contribution in [1.82, 2.24) is 15.3 Å². The van der Waals surface area contributed by atoms with Crippen LogP contribution in [-0.4, -0.2) is 40.5 Å². The fourth-order valence-corrected chi connectivity index (χ4v) is 5.99. The Balaban J connectivity index is 1.38. The van der Waals surface area contributed by atoms with Crippen molar-refractivity contribution in [1.29, 1.82) is 0 Å². The lowest BCUT2D eigenvalue weighted by atomic mass is 9.60. The molecule has 7 nitrogen and oxygen atoms in total. The van der Waals surface area contributed by atoms with Gasteiger partial charge in [0.15, 0.2) is 5.82 Å². The van der Waals surface area contributed by atoms with E-state index in [1.165, 1.54) is 24.5 Å². The number of anilines is 1. The van der Waals surface area contributed by atoms with Gasteiger partial charge in [0.25, 0.3) is 0 Å². The van der Waals surface area contributed by atoms with Crippen LogP contribution < -0.4 is 10.6 Å². The Labute approximate surface area is 218 Å². The van der Waals surface area contributed by atoms with Gasteiger partial charge in [-0.25, -0.2) is 9.37 Å². The molecule has 8 heteroatoms. The van der Waals surface area contributed by atoms with E-state index in [2.05, 4.69) is 27.2 Å². The lowest BCUT2D eigenvalue weighted by Gasteiger charge is -2.52. The van der Waals surface area contributed by atoms with Gasteiger partial charge < -0.3 is 15.4 Å². The summed E-state index contributed by atoms with van der Waals surface area (Å²) in [6, 6.07) is 6.45. The standard InChI is InChI=1S/C29H37FN4O3/c1-3-21-18-28(2,24(21)11-14-31-20-26(35)34-25-19-32-15-16-33-25)37-27(36)29(12-6-4-5-7-13-29)22-9-8-10-23(30)17-22/h3,8-10,15-17,19,21,24,31H,1,4-7,11-14,18,20H2,2H3,(H,33,34,35)/t21?,24?,28-/m0/s1. The molecule has 2 aliphatic carbocycles. The minimum absolute atomic E-state index is 0.0832. The van der Waals surface area contributed by atoms with Gasteiger partial charge in [0.05, 0.1) is 18.2 Å². The van der Waals surface area contributed by atoms with Gasteiger partial charge in [-0.3, -0.25) is 14.6 Å². The summed E-state index contributed by atoms with van der Waals surface area (Å²) in [5, 5.41) is 5.87. The average Bonchev–Trinajstić information content (AvgIpc) is 3.15. The molecule has 1 aromatic heterocycles. The van der Waals surface area contributed by atoms with E-state index >= 15 is 0 Å². The van der Waals surface area contributed by atoms with Gasteiger partial charge in [-0.1, -0.05) is 43.9 Å². The fraction of sp³-hybridized carbons (Fsp3) is 0.517. The van der Waals surface area contributed by atoms with Crippen molar-refractivity contribution in [2.45, 2.75) is 69.3 Å². The maximum Gasteiger partial charge on any atom is 0.317 e. The largest absolute Gasteiger partial charge is 0.458 e. The van der Waals surface area contributed by atoms with Crippen LogP contribution in [0, 0.1) is 17.7 Å². The number of ether oxygens (including phenoxy) is 1. The normalized spacial score (nSPS) is 24.8. The van der Waals surface area contributed by atoms with E-state index in [9.17, 15) is 14.0 Å². The first-order valence-electron chi connectivity index (χ1n) is 13.2. The molecule has 2 aromatic rings. The number of aromatic nitrogens is 2. The summed E-state index contributed by atoms with van der Waals surface area (Å²) >= 11 is 0. The first kappa shape index (κ1) is 26.9. The SMILES string of the molecule is C=CC1C[C@](C)(OC(=O)C2(c3cccc(F)c3)CCCCCC2)C1CCNCC(=O)Nc1cnccn1. The van der Waals surface area contributed by atoms with Crippen molar-refractivity contribution in [2.75, 3.05) is 18.4 Å². The Morgan fingerprint density at radius 3 is 2.68 bits per heavy atom. The van der Waals surface area contributed by atoms with Crippen LogP contribution in [-0.2, 0) is 19.7 Å². The van der Waals surface area contributed by atoms with Crippen LogP contribution in [0.1, 0.15) is 63.9 Å². The third-order valence-corrected chi connectivity index (χ3v) is 8.04. The Morgan fingerprint density at radius 1 is 1.22 bits per heavy atom. The molecule has 1 aromatic carbocycles. The summed E-state index contributed by atoms with van der Waals surface area (Å²) in [5.41, 5.74) is -0.733. The third-order valence-electron chi connectivity index (χ3n) is 8.04. The number of nitrogens with zero attached hydrogens (tertiary/aromatic N) is 2. The molecular formula is C29H37FN4O3. The van der Waals surface area contributed by atoms with E-state index in [1.807, 2.05) is 19.1 Å². The van der Waals surface area contributed by atoms with Gasteiger partial charge in [0.1, 0.15) is 11.4 Å². The molecule has 1 amide bonds. The maximum absolute atomic E-state index is 14.2. The highest BCUT2D eigenvalue weighted by Crippen LogP contribution is 2.51. The van der Waals surface area contributed by atoms with Crippen LogP contribution in [0.3, 0.4) is 0 Å². The summed E-state index contributed by atoms with van der Waals surface area (Å²) in [6.07, 6.45) is 13.2. The van der Waals surface area contributed by atoms with Gasteiger partial charge in [0, 0.05) is 18.3 Å². The highest BCUT2D eigenvalue weighted by molar-refractivity contribution is 5.91. The average molecular weight is 509 g/mol. The number of carbonyl (C=O) groups is 2. The second kappa shape index (κ2) is 11.9. The van der Waals surface area contributed by atoms with E-state index in [4.69, 9.17) is 4.74 Å². The first-order valence-corrected chi connectivity index (χ1v) is 13.2. The van der Waals surface area contributed by atoms with E-state index in [0.717, 1.165) is 37.7 Å². The maximum atomic E-state index is 14.2. The van der Waals surface area contributed by atoms with E-state index in [-0.39, 0.29) is 36.1 Å². The number of rotatable bonds is 10. The number of halogens is 1. The van der Waals surface area contributed by atoms with Gasteiger partial charge in [-0.2, -0.15) is 0 Å². The van der Waals surface area contributed by atoms with Crippen LogP contribution in [0.2, 0.25) is 0 Å². The number of allylic oxidation sites excluding steroid dienone is 1. The number of carbonyl (C=O) groups excluding carboxylic acids is 2. The Kier molecular flexibility index (Phi) is 8.69. The molecule has 1 heterocycles. The number of nitrogens with one attached hydrogen (secondary N) is 2. The van der Waals surface area contributed by atoms with Gasteiger partial charge in [-0.05, 0) is 62.8 Å². The minimum Gasteiger partial charge on any atom is -0.458 e. The first-order chi connectivity index (χ1) is 17.9. The predicted octanol–water partition coefficient (Wildman–Crippen LogP) is 4.95.